The van der Waals surface area contributed by atoms with Gasteiger partial charge in [0.15, 0.2) is 0 Å². The molecule has 1 N–H and O–H groups in total. The summed E-state index contributed by atoms with van der Waals surface area (Å²) in [4.78, 5) is 0. The maximum absolute atomic E-state index is 8.81. The average molecular weight is 150 g/mol. The van der Waals surface area contributed by atoms with Crippen LogP contribution in [0.5, 0.6) is 0 Å². The Hall–Kier alpha value is 0.518. The van der Waals surface area contributed by atoms with Crippen LogP contribution in [0, 0.1) is 0 Å². The van der Waals surface area contributed by atoms with Crippen molar-refractivity contribution in [1.82, 2.24) is 0 Å². The van der Waals surface area contributed by atoms with Crippen molar-refractivity contribution < 1.29 is 4.10 Å². The van der Waals surface area contributed by atoms with Crippen molar-refractivity contribution >= 4 is 15.0 Å². The van der Waals surface area contributed by atoms with Gasteiger partial charge in [0.25, 0.3) is 0 Å². The van der Waals surface area contributed by atoms with Gasteiger partial charge in [-0.3, -0.25) is 0 Å². The molecule has 1 nitrogen and oxygen atoms in total. The van der Waals surface area contributed by atoms with E-state index in [9.17, 15) is 0 Å². The molecule has 0 aromatic rings. The van der Waals surface area contributed by atoms with Crippen LogP contribution in [-0.2, 0) is 0 Å². The van der Waals surface area contributed by atoms with Crippen LogP contribution in [0.2, 0.25) is 10.4 Å². The van der Waals surface area contributed by atoms with E-state index in [4.69, 9.17) is 4.10 Å². The zero-order valence-corrected chi connectivity index (χ0v) is 6.19. The number of hydrogen-bond donors (Lipinski definition) is 1. The van der Waals surface area contributed by atoms with Crippen molar-refractivity contribution in [3.05, 3.63) is 0 Å². The van der Waals surface area contributed by atoms with Crippen molar-refractivity contribution in [2.75, 3.05) is 0 Å². The molecule has 6 heavy (non-hydrogen) atoms. The van der Waals surface area contributed by atoms with E-state index < -0.39 is 15.0 Å². The Morgan fingerprint density at radius 3 is 1.67 bits per heavy atom. The van der Waals surface area contributed by atoms with Crippen LogP contribution in [0.4, 0.5) is 0 Å². The third kappa shape index (κ3) is 2.74. The zero-order chi connectivity index (χ0) is 4.99. The third-order valence-electron chi connectivity index (χ3n) is 0.730. The van der Waals surface area contributed by atoms with Crippen molar-refractivity contribution in [2.45, 2.75) is 24.3 Å². The molecule has 0 bridgehead atoms. The SMILES string of the molecule is CC[As](O)CC. The zero-order valence-electron chi connectivity index (χ0n) is 4.31. The molecule has 0 radical (unpaired) electrons. The summed E-state index contributed by atoms with van der Waals surface area (Å²) in [5.41, 5.74) is 0. The molecule has 38 valence electrons. The molecule has 0 fully saturated rings. The van der Waals surface area contributed by atoms with E-state index in [1.807, 2.05) is 13.8 Å². The first-order valence-electron chi connectivity index (χ1n) is 2.25. The summed E-state index contributed by atoms with van der Waals surface area (Å²) >= 11 is -1.22. The van der Waals surface area contributed by atoms with Gasteiger partial charge in [-0.05, 0) is 0 Å². The summed E-state index contributed by atoms with van der Waals surface area (Å²) in [6.45, 7) is 4.09. The Balaban J connectivity index is 2.75. The Bertz CT molecular complexity index is 26.7. The molecule has 0 amide bonds. The van der Waals surface area contributed by atoms with Gasteiger partial charge in [-0.15, -0.1) is 0 Å². The molecule has 0 saturated heterocycles. The molecule has 0 aromatic heterocycles. The van der Waals surface area contributed by atoms with E-state index in [0.717, 1.165) is 10.4 Å². The fourth-order valence-electron chi connectivity index (χ4n) is 0.224. The van der Waals surface area contributed by atoms with E-state index in [1.165, 1.54) is 0 Å². The fraction of sp³-hybridized carbons (Fsp3) is 1.00. The van der Waals surface area contributed by atoms with Gasteiger partial charge < -0.3 is 0 Å². The average Bonchev–Trinajstić information content (AvgIpc) is 1.65. The van der Waals surface area contributed by atoms with E-state index in [0.29, 0.717) is 0 Å². The number of rotatable bonds is 2. The summed E-state index contributed by atoms with van der Waals surface area (Å²) in [5, 5.41) is 2.06. The van der Waals surface area contributed by atoms with Gasteiger partial charge in [-0.25, -0.2) is 0 Å². The third-order valence-corrected chi connectivity index (χ3v) is 3.79. The molecule has 0 aliphatic rings. The maximum atomic E-state index is 8.81. The second kappa shape index (κ2) is 3.70. The molecule has 0 aromatic carbocycles. The summed E-state index contributed by atoms with van der Waals surface area (Å²) < 4.78 is 8.81. The van der Waals surface area contributed by atoms with Crippen molar-refractivity contribution in [3.8, 4) is 0 Å². The van der Waals surface area contributed by atoms with Crippen LogP contribution in [-0.4, -0.2) is 19.1 Å². The topological polar surface area (TPSA) is 20.2 Å². The van der Waals surface area contributed by atoms with Gasteiger partial charge >= 0.3 is 43.4 Å². The molecule has 0 spiro atoms. The Morgan fingerprint density at radius 2 is 1.67 bits per heavy atom. The van der Waals surface area contributed by atoms with E-state index in [2.05, 4.69) is 0 Å². The molecule has 0 aliphatic carbocycles. The molecule has 0 atom stereocenters. The van der Waals surface area contributed by atoms with Crippen molar-refractivity contribution in [1.29, 1.82) is 0 Å². The van der Waals surface area contributed by atoms with Crippen molar-refractivity contribution in [2.24, 2.45) is 0 Å². The minimum absolute atomic E-state index is 1.03. The summed E-state index contributed by atoms with van der Waals surface area (Å²) in [6, 6.07) is 0. The van der Waals surface area contributed by atoms with E-state index >= 15 is 0 Å². The monoisotopic (exact) mass is 150 g/mol. The molecule has 2 heteroatoms. The normalized spacial score (nSPS) is 10.0. The van der Waals surface area contributed by atoms with Gasteiger partial charge in [0.05, 0.1) is 0 Å². The molecule has 0 heterocycles. The van der Waals surface area contributed by atoms with Gasteiger partial charge in [-0.1, -0.05) is 0 Å². The second-order valence-electron chi connectivity index (χ2n) is 1.14. The van der Waals surface area contributed by atoms with Crippen LogP contribution in [0.1, 0.15) is 13.8 Å². The molecular formula is C4H11AsO. The van der Waals surface area contributed by atoms with Crippen LogP contribution in [0.3, 0.4) is 0 Å². The first-order valence-corrected chi connectivity index (χ1v) is 5.74. The minimum atomic E-state index is -1.22. The second-order valence-corrected chi connectivity index (χ2v) is 5.92. The van der Waals surface area contributed by atoms with Gasteiger partial charge in [0.1, 0.15) is 0 Å². The van der Waals surface area contributed by atoms with Crippen LogP contribution >= 0.6 is 0 Å². The van der Waals surface area contributed by atoms with Gasteiger partial charge in [-0.2, -0.15) is 0 Å². The first kappa shape index (κ1) is 6.52. The summed E-state index contributed by atoms with van der Waals surface area (Å²) in [5.74, 6) is 0. The summed E-state index contributed by atoms with van der Waals surface area (Å²) in [7, 11) is 0. The van der Waals surface area contributed by atoms with Crippen LogP contribution < -0.4 is 0 Å². The van der Waals surface area contributed by atoms with E-state index in [1.54, 1.807) is 0 Å². The summed E-state index contributed by atoms with van der Waals surface area (Å²) in [6.07, 6.45) is 0. The van der Waals surface area contributed by atoms with Gasteiger partial charge in [0, 0.05) is 0 Å². The first-order chi connectivity index (χ1) is 2.81. The van der Waals surface area contributed by atoms with Crippen LogP contribution in [0.25, 0.3) is 0 Å². The molecule has 0 saturated carbocycles. The predicted molar refractivity (Wildman–Crippen MR) is 28.9 cm³/mol. The molecular weight excluding hydrogens is 139 g/mol. The van der Waals surface area contributed by atoms with Crippen molar-refractivity contribution in [3.63, 3.8) is 0 Å². The number of hydrogen-bond acceptors (Lipinski definition) is 1. The molecule has 0 unspecified atom stereocenters. The van der Waals surface area contributed by atoms with E-state index in [-0.39, 0.29) is 0 Å². The van der Waals surface area contributed by atoms with Gasteiger partial charge in [0.2, 0.25) is 0 Å². The molecule has 0 rings (SSSR count). The molecule has 0 aliphatic heterocycles. The Morgan fingerprint density at radius 1 is 1.33 bits per heavy atom. The fourth-order valence-corrected chi connectivity index (χ4v) is 1.16. The Labute approximate surface area is 44.0 Å². The Kier molecular flexibility index (Phi) is 4.02. The quantitative estimate of drug-likeness (QED) is 0.582. The standard InChI is InChI=1S/C4H11AsO/c1-3-5(6)4-2/h6H,3-4H2,1-2H3. The van der Waals surface area contributed by atoms with Crippen LogP contribution in [0.15, 0.2) is 0 Å². The predicted octanol–water partition coefficient (Wildman–Crippen LogP) is 1.01.